The third-order valence-corrected chi connectivity index (χ3v) is 7.66. The number of nitrogens with two attached hydrogens (primary N) is 1. The number of amides is 2. The van der Waals surface area contributed by atoms with Crippen LogP contribution in [0.2, 0.25) is 0 Å². The minimum atomic E-state index is -5.26. The summed E-state index contributed by atoms with van der Waals surface area (Å²) in [5.41, 5.74) is 4.95. The first-order chi connectivity index (χ1) is 19.8. The van der Waals surface area contributed by atoms with Gasteiger partial charge >= 0.3 is 6.18 Å². The van der Waals surface area contributed by atoms with Crippen LogP contribution in [0.5, 0.6) is 5.88 Å². The van der Waals surface area contributed by atoms with Crippen molar-refractivity contribution in [1.82, 2.24) is 34.7 Å². The van der Waals surface area contributed by atoms with Gasteiger partial charge in [0.15, 0.2) is 5.82 Å². The second-order valence-electron chi connectivity index (χ2n) is 10.6. The lowest BCUT2D eigenvalue weighted by Gasteiger charge is -2.29. The minimum absolute atomic E-state index is 0.0765. The van der Waals surface area contributed by atoms with Crippen molar-refractivity contribution in [3.8, 4) is 17.1 Å². The van der Waals surface area contributed by atoms with E-state index in [1.807, 2.05) is 6.07 Å². The van der Waals surface area contributed by atoms with Crippen molar-refractivity contribution in [2.75, 3.05) is 39.0 Å². The fraction of sp³-hybridized carbons (Fsp3) is 0.500. The number of carbonyl (C=O) groups is 2. The summed E-state index contributed by atoms with van der Waals surface area (Å²) in [5, 5.41) is 16.5. The number of anilines is 1. The molecule has 1 unspecified atom stereocenters. The number of aliphatic hydroxyl groups is 1. The van der Waals surface area contributed by atoms with Gasteiger partial charge in [0.05, 0.1) is 25.4 Å². The number of nitrogens with zero attached hydrogens (tertiary/aromatic N) is 6. The third-order valence-electron chi connectivity index (χ3n) is 7.66. The SMILES string of the molecule is COc1ncc(-c2cc(CN3CCCC3)c3c(N)ncnn23)cc1C(=O)N[C@@H]1CN(C(=O)C(C)(O)C(F)(F)F)C[C@@H]1F. The Hall–Kier alpha value is -4.05. The highest BCUT2D eigenvalue weighted by atomic mass is 19.4. The Kier molecular flexibility index (Phi) is 7.70. The molecule has 2 aliphatic heterocycles. The number of fused-ring (bicyclic) bond motifs is 1. The molecule has 226 valence electrons. The number of methoxy groups -OCH3 is 1. The second kappa shape index (κ2) is 11.0. The highest BCUT2D eigenvalue weighted by molar-refractivity contribution is 5.98. The van der Waals surface area contributed by atoms with Crippen molar-refractivity contribution in [3.63, 3.8) is 0 Å². The van der Waals surface area contributed by atoms with E-state index in [0.29, 0.717) is 35.1 Å². The maximum atomic E-state index is 14.8. The molecule has 5 heterocycles. The monoisotopic (exact) mass is 594 g/mol. The molecule has 0 spiro atoms. The number of ether oxygens (including phenoxy) is 1. The average molecular weight is 595 g/mol. The number of carbonyl (C=O) groups excluding carboxylic acids is 2. The number of halogens is 4. The molecule has 2 fully saturated rings. The lowest BCUT2D eigenvalue weighted by atomic mass is 10.1. The number of hydrogen-bond acceptors (Lipinski definition) is 9. The van der Waals surface area contributed by atoms with Gasteiger partial charge in [-0.1, -0.05) is 0 Å². The van der Waals surface area contributed by atoms with Crippen LogP contribution in [0, 0.1) is 0 Å². The largest absolute Gasteiger partial charge is 0.480 e. The number of alkyl halides is 4. The Morgan fingerprint density at radius 3 is 2.57 bits per heavy atom. The smallest absolute Gasteiger partial charge is 0.426 e. The van der Waals surface area contributed by atoms with E-state index >= 15 is 0 Å². The van der Waals surface area contributed by atoms with Gasteiger partial charge in [-0.2, -0.15) is 18.3 Å². The van der Waals surface area contributed by atoms with E-state index in [1.54, 1.807) is 4.52 Å². The average Bonchev–Trinajstić information content (AvgIpc) is 3.67. The Morgan fingerprint density at radius 1 is 1.19 bits per heavy atom. The van der Waals surface area contributed by atoms with Crippen LogP contribution in [-0.4, -0.2) is 104 Å². The first kappa shape index (κ1) is 29.4. The van der Waals surface area contributed by atoms with Crippen LogP contribution in [0.4, 0.5) is 23.4 Å². The van der Waals surface area contributed by atoms with Crippen molar-refractivity contribution in [1.29, 1.82) is 0 Å². The fourth-order valence-corrected chi connectivity index (χ4v) is 5.31. The zero-order chi connectivity index (χ0) is 30.4. The summed E-state index contributed by atoms with van der Waals surface area (Å²) in [6.07, 6.45) is -2.17. The van der Waals surface area contributed by atoms with Crippen LogP contribution < -0.4 is 15.8 Å². The molecule has 2 aliphatic rings. The van der Waals surface area contributed by atoms with Crippen LogP contribution in [0.1, 0.15) is 35.7 Å². The van der Waals surface area contributed by atoms with Crippen molar-refractivity contribution in [3.05, 3.63) is 35.8 Å². The Balaban J connectivity index is 1.42. The molecule has 2 amide bonds. The van der Waals surface area contributed by atoms with Gasteiger partial charge in [0.1, 0.15) is 23.6 Å². The van der Waals surface area contributed by atoms with Gasteiger partial charge in [-0.25, -0.2) is 18.9 Å². The zero-order valence-electron chi connectivity index (χ0n) is 22.9. The first-order valence-electron chi connectivity index (χ1n) is 13.2. The van der Waals surface area contributed by atoms with Gasteiger partial charge in [-0.05, 0) is 50.6 Å². The van der Waals surface area contributed by atoms with Crippen LogP contribution in [-0.2, 0) is 11.3 Å². The molecule has 5 rings (SSSR count). The van der Waals surface area contributed by atoms with E-state index in [4.69, 9.17) is 10.5 Å². The Bertz CT molecular complexity index is 1510. The zero-order valence-corrected chi connectivity index (χ0v) is 22.9. The van der Waals surface area contributed by atoms with Crippen molar-refractivity contribution in [2.24, 2.45) is 0 Å². The molecule has 0 aromatic carbocycles. The maximum absolute atomic E-state index is 14.8. The van der Waals surface area contributed by atoms with Crippen LogP contribution in [0.3, 0.4) is 0 Å². The highest BCUT2D eigenvalue weighted by Crippen LogP contribution is 2.34. The van der Waals surface area contributed by atoms with E-state index in [9.17, 15) is 32.3 Å². The lowest BCUT2D eigenvalue weighted by Crippen LogP contribution is -2.56. The molecule has 12 nitrogen and oxygen atoms in total. The minimum Gasteiger partial charge on any atom is -0.480 e. The molecule has 0 radical (unpaired) electrons. The van der Waals surface area contributed by atoms with Crippen molar-refractivity contribution >= 4 is 23.1 Å². The topological polar surface area (TPSA) is 151 Å². The normalized spacial score (nSPS) is 21.1. The van der Waals surface area contributed by atoms with E-state index in [0.717, 1.165) is 31.5 Å². The summed E-state index contributed by atoms with van der Waals surface area (Å²) in [7, 11) is 1.29. The highest BCUT2D eigenvalue weighted by Gasteiger charge is 2.58. The summed E-state index contributed by atoms with van der Waals surface area (Å²) in [4.78, 5) is 36.8. The van der Waals surface area contributed by atoms with Crippen LogP contribution in [0.25, 0.3) is 16.8 Å². The molecule has 3 atom stereocenters. The molecule has 3 aromatic heterocycles. The van der Waals surface area contributed by atoms with Gasteiger partial charge in [-0.3, -0.25) is 14.5 Å². The molecule has 0 saturated carbocycles. The van der Waals surface area contributed by atoms with Gasteiger partial charge in [0.2, 0.25) is 11.5 Å². The molecule has 3 aromatic rings. The summed E-state index contributed by atoms with van der Waals surface area (Å²) < 4.78 is 61.1. The van der Waals surface area contributed by atoms with E-state index in [2.05, 4.69) is 25.3 Å². The summed E-state index contributed by atoms with van der Waals surface area (Å²) >= 11 is 0. The maximum Gasteiger partial charge on any atom is 0.426 e. The molecule has 42 heavy (non-hydrogen) atoms. The Labute approximate surface area is 237 Å². The van der Waals surface area contributed by atoms with Gasteiger partial charge in [0, 0.05) is 24.8 Å². The van der Waals surface area contributed by atoms with E-state index in [1.165, 1.54) is 25.7 Å². The number of likely N-dealkylation sites (tertiary alicyclic amines) is 2. The molecular weight excluding hydrogens is 564 g/mol. The van der Waals surface area contributed by atoms with Crippen LogP contribution in [0.15, 0.2) is 24.7 Å². The van der Waals surface area contributed by atoms with Gasteiger partial charge in [0.25, 0.3) is 11.8 Å². The van der Waals surface area contributed by atoms with Crippen molar-refractivity contribution < 1.29 is 37.0 Å². The van der Waals surface area contributed by atoms with E-state index in [-0.39, 0.29) is 17.3 Å². The summed E-state index contributed by atoms with van der Waals surface area (Å²) in [6, 6.07) is 2.02. The number of pyridine rings is 1. The predicted molar refractivity (Wildman–Crippen MR) is 141 cm³/mol. The van der Waals surface area contributed by atoms with Crippen LogP contribution >= 0.6 is 0 Å². The molecular formula is C26H30F4N8O4. The number of aromatic nitrogens is 4. The third kappa shape index (κ3) is 5.31. The lowest BCUT2D eigenvalue weighted by molar-refractivity contribution is -0.249. The molecule has 4 N–H and O–H groups in total. The number of hydrogen-bond donors (Lipinski definition) is 3. The molecule has 2 saturated heterocycles. The molecule has 0 bridgehead atoms. The number of nitrogen functional groups attached to an aromatic ring is 1. The summed E-state index contributed by atoms with van der Waals surface area (Å²) in [5.74, 6) is -2.33. The standard InChI is InChI=1S/C26H30F4N8O4/c1-25(41,26(28,29)30)24(40)37-11-17(27)18(12-37)35-22(39)16-7-14(9-32-23(16)42-2)19-8-15(10-36-5-3-4-6-36)20-21(31)33-13-34-38(19)20/h7-9,13,17-18,41H,3-6,10-12H2,1-2H3,(H,35,39)(H2,31,33,34)/t17-,18+,25?/m0/s1. The second-order valence-corrected chi connectivity index (χ2v) is 10.6. The number of rotatable bonds is 7. The van der Waals surface area contributed by atoms with Gasteiger partial charge < -0.3 is 25.8 Å². The van der Waals surface area contributed by atoms with Gasteiger partial charge in [-0.15, -0.1) is 0 Å². The fourth-order valence-electron chi connectivity index (χ4n) is 5.31. The quantitative estimate of drug-likeness (QED) is 0.346. The molecule has 0 aliphatic carbocycles. The number of nitrogens with one attached hydrogen (secondary N) is 1. The van der Waals surface area contributed by atoms with Crippen molar-refractivity contribution in [2.45, 2.75) is 50.3 Å². The molecule has 16 heteroatoms. The Morgan fingerprint density at radius 2 is 1.90 bits per heavy atom. The first-order valence-corrected chi connectivity index (χ1v) is 13.2. The van der Waals surface area contributed by atoms with E-state index < -0.39 is 48.9 Å². The summed E-state index contributed by atoms with van der Waals surface area (Å²) in [6.45, 7) is 1.50. The predicted octanol–water partition coefficient (Wildman–Crippen LogP) is 1.57.